The molecule has 4 heterocycles. The molecule has 7 rings (SSSR count). The van der Waals surface area contributed by atoms with E-state index < -0.39 is 35.7 Å². The van der Waals surface area contributed by atoms with Crippen LogP contribution in [0.2, 0.25) is 10.0 Å². The van der Waals surface area contributed by atoms with Crippen molar-refractivity contribution >= 4 is 41.0 Å². The van der Waals surface area contributed by atoms with Crippen molar-refractivity contribution in [3.63, 3.8) is 0 Å². The van der Waals surface area contributed by atoms with Crippen molar-refractivity contribution in [2.45, 2.75) is 37.8 Å². The van der Waals surface area contributed by atoms with Gasteiger partial charge >= 0.3 is 12.1 Å². The fourth-order valence-corrected chi connectivity index (χ4v) is 7.69. The van der Waals surface area contributed by atoms with Crippen LogP contribution in [0, 0.1) is 22.8 Å². The van der Waals surface area contributed by atoms with Gasteiger partial charge in [-0.25, -0.2) is 18.4 Å². The first-order chi connectivity index (χ1) is 24.5. The normalized spacial score (nSPS) is 18.6. The molecule has 3 aliphatic heterocycles. The first kappa shape index (κ1) is 36.2. The van der Waals surface area contributed by atoms with Crippen LogP contribution >= 0.6 is 23.2 Å². The maximum Gasteiger partial charge on any atom is 0.415 e. The summed E-state index contributed by atoms with van der Waals surface area (Å²) in [6.07, 6.45) is 2.71. The molecule has 2 bridgehead atoms. The second-order valence-electron chi connectivity index (χ2n) is 12.6. The Morgan fingerprint density at radius 2 is 1.73 bits per heavy atom. The molecule has 2 atom stereocenters. The zero-order valence-corrected chi connectivity index (χ0v) is 29.3. The molecule has 268 valence electrons. The number of fused-ring (bicyclic) bond motifs is 3. The van der Waals surface area contributed by atoms with Gasteiger partial charge in [0, 0.05) is 24.1 Å². The van der Waals surface area contributed by atoms with Crippen molar-refractivity contribution in [1.82, 2.24) is 4.90 Å². The number of carbonyl (C=O) groups is 2. The summed E-state index contributed by atoms with van der Waals surface area (Å²) in [6.45, 7) is 2.00. The number of aromatic nitrogens is 1. The van der Waals surface area contributed by atoms with Gasteiger partial charge in [-0.3, -0.25) is 9.80 Å². The molecule has 1 amide bonds. The van der Waals surface area contributed by atoms with E-state index in [2.05, 4.69) is 4.90 Å². The smallest absolute Gasteiger partial charge is 0.415 e. The quantitative estimate of drug-likeness (QED) is 0.127. The topological polar surface area (TPSA) is 115 Å². The lowest BCUT2D eigenvalue weighted by Gasteiger charge is -2.44. The molecule has 3 saturated heterocycles. The van der Waals surface area contributed by atoms with Gasteiger partial charge in [-0.1, -0.05) is 41.4 Å². The molecule has 51 heavy (non-hydrogen) atoms. The standard InChI is InChI=1S/C37H35Cl2F2N3O7/c1-49-32-9-6-22(14-33(32)50-2)26(16-27-28(38)18-43(48)19-29(27)39)35-23(4-3-5-25(35)36(45)46)17-44(31-8-7-24(40)15-30(31)41)37(47)51-34-20-42-12-10-21(34)11-13-42/h3-9,14-15,18-19,21,26,34H,10-13,16-17,20H2,1-2H3,(H,45,46)/t26-,34-/m0/s1. The summed E-state index contributed by atoms with van der Waals surface area (Å²) in [5.74, 6) is -3.01. The summed E-state index contributed by atoms with van der Waals surface area (Å²) in [7, 11) is 2.94. The molecular formula is C37H35Cl2F2N3O7. The molecule has 14 heteroatoms. The average molecular weight is 743 g/mol. The van der Waals surface area contributed by atoms with Crippen LogP contribution < -0.4 is 19.1 Å². The minimum atomic E-state index is -1.27. The van der Waals surface area contributed by atoms with Gasteiger partial charge in [0.1, 0.15) is 27.8 Å². The van der Waals surface area contributed by atoms with Gasteiger partial charge in [0.25, 0.3) is 0 Å². The Morgan fingerprint density at radius 1 is 1.02 bits per heavy atom. The lowest BCUT2D eigenvalue weighted by Crippen LogP contribution is -2.53. The second-order valence-corrected chi connectivity index (χ2v) is 13.4. The molecule has 3 aliphatic rings. The van der Waals surface area contributed by atoms with E-state index in [1.807, 2.05) is 0 Å². The fourth-order valence-electron chi connectivity index (χ4n) is 7.09. The molecule has 0 radical (unpaired) electrons. The number of piperidine rings is 3. The van der Waals surface area contributed by atoms with Gasteiger partial charge in [-0.15, -0.1) is 0 Å². The van der Waals surface area contributed by atoms with Crippen LogP contribution in [-0.2, 0) is 17.7 Å². The molecule has 1 aromatic heterocycles. The van der Waals surface area contributed by atoms with Gasteiger partial charge < -0.3 is 24.5 Å². The van der Waals surface area contributed by atoms with Gasteiger partial charge in [0.2, 0.25) is 0 Å². The van der Waals surface area contributed by atoms with Crippen molar-refractivity contribution in [1.29, 1.82) is 0 Å². The summed E-state index contributed by atoms with van der Waals surface area (Å²) >= 11 is 13.1. The summed E-state index contributed by atoms with van der Waals surface area (Å²) < 4.78 is 47.1. The number of amides is 1. The van der Waals surface area contributed by atoms with E-state index in [9.17, 15) is 24.3 Å². The first-order valence-corrected chi connectivity index (χ1v) is 17.0. The molecule has 0 spiro atoms. The highest BCUT2D eigenvalue weighted by molar-refractivity contribution is 6.35. The van der Waals surface area contributed by atoms with Crippen molar-refractivity contribution in [3.8, 4) is 11.5 Å². The van der Waals surface area contributed by atoms with E-state index in [-0.39, 0.29) is 45.7 Å². The van der Waals surface area contributed by atoms with Crippen molar-refractivity contribution in [2.75, 3.05) is 38.8 Å². The molecule has 0 saturated carbocycles. The lowest BCUT2D eigenvalue weighted by atomic mass is 9.80. The van der Waals surface area contributed by atoms with Gasteiger partial charge in [-0.05, 0) is 85.3 Å². The van der Waals surface area contributed by atoms with Crippen LogP contribution in [-0.4, -0.2) is 62.0 Å². The number of halogens is 4. The third-order valence-electron chi connectivity index (χ3n) is 9.65. The Hall–Kier alpha value is -4.65. The average Bonchev–Trinajstić information content (AvgIpc) is 3.11. The molecule has 4 aromatic rings. The van der Waals surface area contributed by atoms with Gasteiger partial charge in [0.05, 0.1) is 32.0 Å². The van der Waals surface area contributed by atoms with Crippen molar-refractivity contribution < 1.29 is 42.4 Å². The third-order valence-corrected chi connectivity index (χ3v) is 10.3. The number of hydrogen-bond donors (Lipinski definition) is 1. The fraction of sp³-hybridized carbons (Fsp3) is 0.324. The van der Waals surface area contributed by atoms with E-state index in [0.717, 1.165) is 55.4 Å². The Morgan fingerprint density at radius 3 is 2.33 bits per heavy atom. The number of carboxylic acid groups (broad SMARTS) is 1. The Balaban J connectivity index is 1.50. The maximum absolute atomic E-state index is 15.5. The van der Waals surface area contributed by atoms with E-state index in [1.165, 1.54) is 26.4 Å². The molecule has 10 nitrogen and oxygen atoms in total. The summed E-state index contributed by atoms with van der Waals surface area (Å²) in [5.41, 5.74) is 1.14. The molecule has 0 unspecified atom stereocenters. The molecule has 0 aliphatic carbocycles. The van der Waals surface area contributed by atoms with E-state index in [4.69, 9.17) is 37.4 Å². The number of carboxylic acids is 1. The summed E-state index contributed by atoms with van der Waals surface area (Å²) in [6, 6.07) is 12.5. The predicted octanol–water partition coefficient (Wildman–Crippen LogP) is 7.23. The largest absolute Gasteiger partial charge is 0.619 e. The maximum atomic E-state index is 15.5. The number of methoxy groups -OCH3 is 2. The molecule has 3 aromatic carbocycles. The van der Waals surface area contributed by atoms with E-state index >= 15 is 4.39 Å². The number of aromatic carboxylic acids is 1. The first-order valence-electron chi connectivity index (χ1n) is 16.3. The molecule has 3 fully saturated rings. The minimum absolute atomic E-state index is 0.000226. The number of nitrogens with zero attached hydrogens (tertiary/aromatic N) is 3. The predicted molar refractivity (Wildman–Crippen MR) is 186 cm³/mol. The second kappa shape index (κ2) is 15.3. The third kappa shape index (κ3) is 7.68. The van der Waals surface area contributed by atoms with Crippen LogP contribution in [0.4, 0.5) is 19.3 Å². The van der Waals surface area contributed by atoms with Crippen molar-refractivity contribution in [2.24, 2.45) is 5.92 Å². The number of carbonyl (C=O) groups excluding carboxylic acids is 1. The molecular weight excluding hydrogens is 707 g/mol. The summed E-state index contributed by atoms with van der Waals surface area (Å²) in [4.78, 5) is 30.3. The number of hydrogen-bond acceptors (Lipinski definition) is 7. The Kier molecular flexibility index (Phi) is 10.8. The van der Waals surface area contributed by atoms with Crippen LogP contribution in [0.15, 0.2) is 67.0 Å². The summed E-state index contributed by atoms with van der Waals surface area (Å²) in [5, 5.41) is 22.8. The number of anilines is 1. The minimum Gasteiger partial charge on any atom is -0.619 e. The number of rotatable bonds is 11. The number of benzene rings is 3. The van der Waals surface area contributed by atoms with E-state index in [1.54, 1.807) is 24.3 Å². The monoisotopic (exact) mass is 741 g/mol. The van der Waals surface area contributed by atoms with Gasteiger partial charge in [-0.2, -0.15) is 4.73 Å². The van der Waals surface area contributed by atoms with Crippen LogP contribution in [0.3, 0.4) is 0 Å². The van der Waals surface area contributed by atoms with Crippen LogP contribution in [0.1, 0.15) is 51.4 Å². The van der Waals surface area contributed by atoms with Gasteiger partial charge in [0.15, 0.2) is 23.9 Å². The molecule has 1 N–H and O–H groups in total. The number of ether oxygens (including phenoxy) is 3. The zero-order valence-electron chi connectivity index (χ0n) is 27.8. The SMILES string of the molecule is COc1ccc([C@H](Cc2c(Cl)c[n+]([O-])cc2Cl)c2c(CN(C(=O)O[C@H]3CN4CCC3CC4)c3ccc(F)cc3F)cccc2C(=O)O)cc1OC. The van der Waals surface area contributed by atoms with Crippen molar-refractivity contribution in [3.05, 3.63) is 122 Å². The highest BCUT2D eigenvalue weighted by Gasteiger charge is 2.38. The van der Waals surface area contributed by atoms with E-state index in [0.29, 0.717) is 45.5 Å². The highest BCUT2D eigenvalue weighted by atomic mass is 35.5. The highest BCUT2D eigenvalue weighted by Crippen LogP contribution is 2.41. The van der Waals surface area contributed by atoms with Crippen LogP contribution in [0.5, 0.6) is 11.5 Å². The zero-order chi connectivity index (χ0) is 36.4. The lowest BCUT2D eigenvalue weighted by molar-refractivity contribution is -0.605. The number of pyridine rings is 1. The van der Waals surface area contributed by atoms with Crippen LogP contribution in [0.25, 0.3) is 0 Å². The Labute approximate surface area is 303 Å². The Bertz CT molecular complexity index is 1930.